The highest BCUT2D eigenvalue weighted by molar-refractivity contribution is 6.31. The zero-order valence-electron chi connectivity index (χ0n) is 11.4. The number of likely N-dealkylation sites (tertiary alicyclic amines) is 1. The van der Waals surface area contributed by atoms with Gasteiger partial charge in [-0.05, 0) is 63.5 Å². The summed E-state index contributed by atoms with van der Waals surface area (Å²) in [5.41, 5.74) is 1.67. The molecule has 0 unspecified atom stereocenters. The third-order valence-electron chi connectivity index (χ3n) is 4.56. The molecule has 1 amide bonds. The second-order valence-electron chi connectivity index (χ2n) is 5.86. The third-order valence-corrected chi connectivity index (χ3v) is 4.80. The van der Waals surface area contributed by atoms with Gasteiger partial charge in [0.2, 0.25) is 5.91 Å². The molecule has 0 aliphatic carbocycles. The monoisotopic (exact) mass is 278 g/mol. The highest BCUT2D eigenvalue weighted by Crippen LogP contribution is 2.45. The molecule has 2 aliphatic rings. The smallest absolute Gasteiger partial charge is 0.235 e. The van der Waals surface area contributed by atoms with E-state index in [4.69, 9.17) is 11.6 Å². The van der Waals surface area contributed by atoms with Crippen LogP contribution in [0.4, 0.5) is 5.69 Å². The molecule has 0 radical (unpaired) electrons. The van der Waals surface area contributed by atoms with Gasteiger partial charge in [-0.15, -0.1) is 0 Å². The van der Waals surface area contributed by atoms with Crippen molar-refractivity contribution >= 4 is 23.2 Å². The molecule has 0 aromatic heterocycles. The van der Waals surface area contributed by atoms with Crippen molar-refractivity contribution in [2.45, 2.75) is 38.1 Å². The fraction of sp³-hybridized carbons (Fsp3) is 0.533. The molecular formula is C15H19ClN2O. The van der Waals surface area contributed by atoms with Gasteiger partial charge in [-0.2, -0.15) is 0 Å². The Bertz CT molecular complexity index is 519. The molecule has 1 fully saturated rings. The molecule has 102 valence electrons. The number of hydrogen-bond donors (Lipinski definition) is 1. The molecule has 0 bridgehead atoms. The van der Waals surface area contributed by atoms with E-state index in [-0.39, 0.29) is 11.3 Å². The minimum atomic E-state index is -0.356. The Kier molecular flexibility index (Phi) is 3.06. The van der Waals surface area contributed by atoms with Crippen LogP contribution in [0.25, 0.3) is 0 Å². The van der Waals surface area contributed by atoms with Crippen molar-refractivity contribution < 1.29 is 4.79 Å². The Hall–Kier alpha value is -1.06. The van der Waals surface area contributed by atoms with Gasteiger partial charge in [-0.3, -0.25) is 4.79 Å². The van der Waals surface area contributed by atoms with E-state index in [1.54, 1.807) is 0 Å². The number of rotatable bonds is 1. The maximum absolute atomic E-state index is 12.4. The molecule has 19 heavy (non-hydrogen) atoms. The van der Waals surface area contributed by atoms with Crippen LogP contribution in [0.1, 0.15) is 32.3 Å². The zero-order valence-corrected chi connectivity index (χ0v) is 12.1. The number of fused-ring (bicyclic) bond motifs is 2. The highest BCUT2D eigenvalue weighted by Gasteiger charge is 2.48. The van der Waals surface area contributed by atoms with Crippen LogP contribution in [-0.2, 0) is 10.2 Å². The number of nitrogens with zero attached hydrogens (tertiary/aromatic N) is 1. The minimum Gasteiger partial charge on any atom is -0.325 e. The van der Waals surface area contributed by atoms with Crippen LogP contribution >= 0.6 is 11.6 Å². The summed E-state index contributed by atoms with van der Waals surface area (Å²) < 4.78 is 0. The minimum absolute atomic E-state index is 0.146. The van der Waals surface area contributed by atoms with Gasteiger partial charge in [0.1, 0.15) is 0 Å². The molecule has 3 nitrogen and oxygen atoms in total. The van der Waals surface area contributed by atoms with Gasteiger partial charge < -0.3 is 10.2 Å². The van der Waals surface area contributed by atoms with Crippen molar-refractivity contribution in [3.63, 3.8) is 0 Å². The lowest BCUT2D eigenvalue weighted by molar-refractivity contribution is -0.122. The second kappa shape index (κ2) is 4.50. The molecule has 1 spiro atoms. The van der Waals surface area contributed by atoms with Crippen molar-refractivity contribution in [2.75, 3.05) is 18.4 Å². The summed E-state index contributed by atoms with van der Waals surface area (Å²) in [6, 6.07) is 6.25. The number of benzene rings is 1. The number of amides is 1. The first-order valence-corrected chi connectivity index (χ1v) is 7.26. The van der Waals surface area contributed by atoms with Crippen LogP contribution < -0.4 is 5.32 Å². The molecule has 2 heterocycles. The van der Waals surface area contributed by atoms with Crippen LogP contribution in [-0.4, -0.2) is 29.9 Å². The summed E-state index contributed by atoms with van der Waals surface area (Å²) in [5.74, 6) is 0.146. The Balaban J connectivity index is 1.94. The van der Waals surface area contributed by atoms with Crippen molar-refractivity contribution in [1.29, 1.82) is 0 Å². The van der Waals surface area contributed by atoms with Gasteiger partial charge in [0.05, 0.1) is 5.41 Å². The Labute approximate surface area is 118 Å². The summed E-state index contributed by atoms with van der Waals surface area (Å²) in [6.45, 7) is 6.35. The lowest BCUT2D eigenvalue weighted by Gasteiger charge is -2.39. The Morgan fingerprint density at radius 3 is 2.63 bits per heavy atom. The number of hydrogen-bond acceptors (Lipinski definition) is 2. The zero-order chi connectivity index (χ0) is 13.6. The number of carbonyl (C=O) groups excluding carboxylic acids is 1. The number of carbonyl (C=O) groups is 1. The predicted octanol–water partition coefficient (Wildman–Crippen LogP) is 3.03. The summed E-state index contributed by atoms with van der Waals surface area (Å²) in [7, 11) is 0. The first-order valence-electron chi connectivity index (χ1n) is 6.88. The fourth-order valence-electron chi connectivity index (χ4n) is 3.30. The average Bonchev–Trinajstić information content (AvgIpc) is 2.64. The fourth-order valence-corrected chi connectivity index (χ4v) is 3.48. The summed E-state index contributed by atoms with van der Waals surface area (Å²) >= 11 is 6.10. The van der Waals surface area contributed by atoms with E-state index in [0.717, 1.165) is 37.2 Å². The second-order valence-corrected chi connectivity index (χ2v) is 6.29. The largest absolute Gasteiger partial charge is 0.325 e. The molecule has 3 rings (SSSR count). The normalized spacial score (nSPS) is 21.8. The van der Waals surface area contributed by atoms with Crippen LogP contribution in [0.3, 0.4) is 0 Å². The SMILES string of the molecule is CC(C)N1CCC2(CC1)C(=O)Nc1ccc(Cl)cc12. The van der Waals surface area contributed by atoms with Crippen LogP contribution in [0.15, 0.2) is 18.2 Å². The molecule has 1 N–H and O–H groups in total. The van der Waals surface area contributed by atoms with E-state index in [0.29, 0.717) is 11.1 Å². The van der Waals surface area contributed by atoms with Gasteiger partial charge in [-0.25, -0.2) is 0 Å². The third kappa shape index (κ3) is 1.96. The summed E-state index contributed by atoms with van der Waals surface area (Å²) in [6.07, 6.45) is 1.76. The van der Waals surface area contributed by atoms with E-state index < -0.39 is 0 Å². The Morgan fingerprint density at radius 1 is 1.32 bits per heavy atom. The standard InChI is InChI=1S/C15H19ClN2O/c1-10(2)18-7-5-15(6-8-18)12-9-11(16)3-4-13(12)17-14(15)19/h3-4,9-10H,5-8H2,1-2H3,(H,17,19). The first-order chi connectivity index (χ1) is 9.03. The average molecular weight is 279 g/mol. The van der Waals surface area contributed by atoms with Gasteiger partial charge in [0.15, 0.2) is 0 Å². The number of halogens is 1. The van der Waals surface area contributed by atoms with E-state index >= 15 is 0 Å². The molecule has 4 heteroatoms. The molecule has 1 saturated heterocycles. The molecular weight excluding hydrogens is 260 g/mol. The topological polar surface area (TPSA) is 32.3 Å². The Morgan fingerprint density at radius 2 is 2.00 bits per heavy atom. The van der Waals surface area contributed by atoms with Crippen molar-refractivity contribution in [2.24, 2.45) is 0 Å². The number of piperidine rings is 1. The summed E-state index contributed by atoms with van der Waals surface area (Å²) in [5, 5.41) is 3.72. The molecule has 1 aromatic rings. The maximum Gasteiger partial charge on any atom is 0.235 e. The quantitative estimate of drug-likeness (QED) is 0.856. The highest BCUT2D eigenvalue weighted by atomic mass is 35.5. The lowest BCUT2D eigenvalue weighted by atomic mass is 9.73. The maximum atomic E-state index is 12.4. The van der Waals surface area contributed by atoms with Gasteiger partial charge in [0, 0.05) is 16.8 Å². The van der Waals surface area contributed by atoms with E-state index in [1.165, 1.54) is 0 Å². The van der Waals surface area contributed by atoms with E-state index in [1.807, 2.05) is 18.2 Å². The van der Waals surface area contributed by atoms with Gasteiger partial charge in [0.25, 0.3) is 0 Å². The molecule has 0 atom stereocenters. The number of anilines is 1. The van der Waals surface area contributed by atoms with Crippen molar-refractivity contribution in [3.8, 4) is 0 Å². The number of nitrogens with one attached hydrogen (secondary N) is 1. The molecule has 2 aliphatic heterocycles. The van der Waals surface area contributed by atoms with E-state index in [9.17, 15) is 4.79 Å². The molecule has 0 saturated carbocycles. The lowest BCUT2D eigenvalue weighted by Crippen LogP contribution is -2.48. The van der Waals surface area contributed by atoms with Gasteiger partial charge in [-0.1, -0.05) is 11.6 Å². The van der Waals surface area contributed by atoms with Crippen LogP contribution in [0.2, 0.25) is 5.02 Å². The van der Waals surface area contributed by atoms with Gasteiger partial charge >= 0.3 is 0 Å². The first kappa shape index (κ1) is 12.9. The van der Waals surface area contributed by atoms with Crippen LogP contribution in [0, 0.1) is 0 Å². The predicted molar refractivity (Wildman–Crippen MR) is 77.7 cm³/mol. The van der Waals surface area contributed by atoms with Crippen LogP contribution in [0.5, 0.6) is 0 Å². The van der Waals surface area contributed by atoms with Crippen molar-refractivity contribution in [3.05, 3.63) is 28.8 Å². The van der Waals surface area contributed by atoms with Crippen molar-refractivity contribution in [1.82, 2.24) is 4.90 Å². The molecule has 1 aromatic carbocycles. The summed E-state index contributed by atoms with van der Waals surface area (Å²) in [4.78, 5) is 14.9. The van der Waals surface area contributed by atoms with E-state index in [2.05, 4.69) is 24.1 Å².